The number of hydrogen-bond donors (Lipinski definition) is 2. The zero-order valence-corrected chi connectivity index (χ0v) is 11.1. The Morgan fingerprint density at radius 2 is 1.89 bits per heavy atom. The van der Waals surface area contributed by atoms with Gasteiger partial charge in [-0.2, -0.15) is 0 Å². The second-order valence-corrected chi connectivity index (χ2v) is 4.21. The summed E-state index contributed by atoms with van der Waals surface area (Å²) in [5, 5.41) is 18.1. The van der Waals surface area contributed by atoms with Crippen molar-refractivity contribution >= 4 is 0 Å². The standard InChI is InChI=1S/C16H22O3/c17-12-6-4-10-16(18)11-5-7-13-19-14-15-8-2-1-3-9-15/h1-6,8-9,11,16-18H,7,10,12-14H2/b6-4+,11-5+. The third-order valence-electron chi connectivity index (χ3n) is 2.55. The molecule has 0 aliphatic heterocycles. The summed E-state index contributed by atoms with van der Waals surface area (Å²) in [6, 6.07) is 10.0. The van der Waals surface area contributed by atoms with Gasteiger partial charge >= 0.3 is 0 Å². The van der Waals surface area contributed by atoms with Crippen LogP contribution in [0.25, 0.3) is 0 Å². The molecule has 1 aromatic carbocycles. The summed E-state index contributed by atoms with van der Waals surface area (Å²) in [7, 11) is 0. The largest absolute Gasteiger partial charge is 0.392 e. The van der Waals surface area contributed by atoms with Crippen LogP contribution in [0.3, 0.4) is 0 Å². The zero-order chi connectivity index (χ0) is 13.8. The Morgan fingerprint density at radius 1 is 1.11 bits per heavy atom. The van der Waals surface area contributed by atoms with E-state index in [0.29, 0.717) is 19.6 Å². The van der Waals surface area contributed by atoms with Gasteiger partial charge in [0.15, 0.2) is 0 Å². The minimum Gasteiger partial charge on any atom is -0.392 e. The van der Waals surface area contributed by atoms with E-state index in [-0.39, 0.29) is 6.61 Å². The molecule has 1 rings (SSSR count). The van der Waals surface area contributed by atoms with Crippen molar-refractivity contribution in [2.75, 3.05) is 13.2 Å². The first kappa shape index (κ1) is 15.6. The third-order valence-corrected chi connectivity index (χ3v) is 2.55. The van der Waals surface area contributed by atoms with Crippen molar-refractivity contribution in [2.24, 2.45) is 0 Å². The molecule has 0 heterocycles. The predicted molar refractivity (Wildman–Crippen MR) is 76.7 cm³/mol. The predicted octanol–water partition coefficient (Wildman–Crippen LogP) is 2.45. The molecule has 19 heavy (non-hydrogen) atoms. The highest BCUT2D eigenvalue weighted by Gasteiger charge is 1.94. The Bertz CT molecular complexity index is 371. The molecule has 1 atom stereocenters. The van der Waals surface area contributed by atoms with Gasteiger partial charge in [0.05, 0.1) is 25.9 Å². The summed E-state index contributed by atoms with van der Waals surface area (Å²) in [4.78, 5) is 0. The van der Waals surface area contributed by atoms with E-state index < -0.39 is 6.10 Å². The normalized spacial score (nSPS) is 13.4. The maximum atomic E-state index is 9.55. The molecule has 0 amide bonds. The fraction of sp³-hybridized carbons (Fsp3) is 0.375. The summed E-state index contributed by atoms with van der Waals surface area (Å²) in [5.41, 5.74) is 1.17. The lowest BCUT2D eigenvalue weighted by molar-refractivity contribution is 0.125. The Morgan fingerprint density at radius 3 is 2.63 bits per heavy atom. The fourth-order valence-electron chi connectivity index (χ4n) is 1.56. The van der Waals surface area contributed by atoms with Crippen LogP contribution in [0.15, 0.2) is 54.6 Å². The second kappa shape index (κ2) is 10.5. The van der Waals surface area contributed by atoms with Crippen molar-refractivity contribution in [1.82, 2.24) is 0 Å². The Labute approximate surface area is 114 Å². The molecule has 0 saturated carbocycles. The van der Waals surface area contributed by atoms with Crippen molar-refractivity contribution in [3.05, 3.63) is 60.2 Å². The Hall–Kier alpha value is -1.42. The molecule has 0 aliphatic carbocycles. The van der Waals surface area contributed by atoms with Gasteiger partial charge in [-0.1, -0.05) is 54.6 Å². The molecule has 0 radical (unpaired) electrons. The molecule has 0 bridgehead atoms. The first-order chi connectivity index (χ1) is 9.33. The van der Waals surface area contributed by atoms with Crippen molar-refractivity contribution in [3.8, 4) is 0 Å². The van der Waals surface area contributed by atoms with E-state index in [1.807, 2.05) is 36.4 Å². The summed E-state index contributed by atoms with van der Waals surface area (Å²) < 4.78 is 5.52. The van der Waals surface area contributed by atoms with E-state index in [9.17, 15) is 5.11 Å². The van der Waals surface area contributed by atoms with Gasteiger partial charge < -0.3 is 14.9 Å². The van der Waals surface area contributed by atoms with Crippen molar-refractivity contribution in [1.29, 1.82) is 0 Å². The number of aliphatic hydroxyl groups is 2. The molecule has 0 saturated heterocycles. The Kier molecular flexibility index (Phi) is 8.64. The number of aliphatic hydroxyl groups excluding tert-OH is 2. The average Bonchev–Trinajstić information content (AvgIpc) is 2.44. The van der Waals surface area contributed by atoms with Gasteiger partial charge in [-0.3, -0.25) is 0 Å². The molecule has 0 aliphatic rings. The van der Waals surface area contributed by atoms with Crippen LogP contribution < -0.4 is 0 Å². The second-order valence-electron chi connectivity index (χ2n) is 4.21. The minimum absolute atomic E-state index is 0.0176. The van der Waals surface area contributed by atoms with Crippen LogP contribution in [-0.2, 0) is 11.3 Å². The highest BCUT2D eigenvalue weighted by molar-refractivity contribution is 5.13. The van der Waals surface area contributed by atoms with E-state index in [2.05, 4.69) is 0 Å². The molecule has 1 unspecified atom stereocenters. The third kappa shape index (κ3) is 8.32. The summed E-state index contributed by atoms with van der Waals surface area (Å²) in [5.74, 6) is 0. The van der Waals surface area contributed by atoms with Crippen molar-refractivity contribution in [2.45, 2.75) is 25.6 Å². The lowest BCUT2D eigenvalue weighted by Gasteiger charge is -2.03. The van der Waals surface area contributed by atoms with Gasteiger partial charge in [0.2, 0.25) is 0 Å². The van der Waals surface area contributed by atoms with Gasteiger partial charge in [0.1, 0.15) is 0 Å². The molecule has 104 valence electrons. The first-order valence-corrected chi connectivity index (χ1v) is 6.55. The van der Waals surface area contributed by atoms with E-state index in [1.165, 1.54) is 5.56 Å². The van der Waals surface area contributed by atoms with Gasteiger partial charge in [-0.05, 0) is 18.4 Å². The molecule has 0 aromatic heterocycles. The monoisotopic (exact) mass is 262 g/mol. The van der Waals surface area contributed by atoms with Gasteiger partial charge in [0, 0.05) is 0 Å². The van der Waals surface area contributed by atoms with Crippen molar-refractivity contribution < 1.29 is 14.9 Å². The van der Waals surface area contributed by atoms with Crippen molar-refractivity contribution in [3.63, 3.8) is 0 Å². The summed E-state index contributed by atoms with van der Waals surface area (Å²) in [6.07, 6.45) is 7.89. The molecule has 3 heteroatoms. The SMILES string of the molecule is OC/C=C/CC(O)/C=C/CCOCc1ccccc1. The molecular weight excluding hydrogens is 240 g/mol. The summed E-state index contributed by atoms with van der Waals surface area (Å²) in [6.45, 7) is 1.28. The van der Waals surface area contributed by atoms with E-state index in [1.54, 1.807) is 18.2 Å². The Balaban J connectivity index is 2.05. The topological polar surface area (TPSA) is 49.7 Å². The molecule has 0 fully saturated rings. The quantitative estimate of drug-likeness (QED) is 0.531. The van der Waals surface area contributed by atoms with Crippen LogP contribution in [0.2, 0.25) is 0 Å². The first-order valence-electron chi connectivity index (χ1n) is 6.55. The molecule has 1 aromatic rings. The van der Waals surface area contributed by atoms with Gasteiger partial charge in [-0.25, -0.2) is 0 Å². The van der Waals surface area contributed by atoms with E-state index in [4.69, 9.17) is 9.84 Å². The van der Waals surface area contributed by atoms with Crippen LogP contribution in [0, 0.1) is 0 Å². The van der Waals surface area contributed by atoms with Gasteiger partial charge in [-0.15, -0.1) is 0 Å². The molecule has 3 nitrogen and oxygen atoms in total. The molecular formula is C16H22O3. The fourth-order valence-corrected chi connectivity index (χ4v) is 1.56. The minimum atomic E-state index is -0.489. The lowest BCUT2D eigenvalue weighted by Crippen LogP contribution is -2.00. The number of rotatable bonds is 9. The highest BCUT2D eigenvalue weighted by atomic mass is 16.5. The lowest BCUT2D eigenvalue weighted by atomic mass is 10.2. The zero-order valence-electron chi connectivity index (χ0n) is 11.1. The number of ether oxygens (including phenoxy) is 1. The highest BCUT2D eigenvalue weighted by Crippen LogP contribution is 2.01. The average molecular weight is 262 g/mol. The number of hydrogen-bond acceptors (Lipinski definition) is 3. The van der Waals surface area contributed by atoms with E-state index >= 15 is 0 Å². The van der Waals surface area contributed by atoms with E-state index in [0.717, 1.165) is 6.42 Å². The van der Waals surface area contributed by atoms with Crippen LogP contribution >= 0.6 is 0 Å². The smallest absolute Gasteiger partial charge is 0.0755 e. The number of benzene rings is 1. The maximum Gasteiger partial charge on any atom is 0.0755 e. The molecule has 2 N–H and O–H groups in total. The summed E-state index contributed by atoms with van der Waals surface area (Å²) >= 11 is 0. The maximum absolute atomic E-state index is 9.55. The van der Waals surface area contributed by atoms with Crippen LogP contribution in [-0.4, -0.2) is 29.5 Å². The van der Waals surface area contributed by atoms with Crippen LogP contribution in [0.1, 0.15) is 18.4 Å². The van der Waals surface area contributed by atoms with Gasteiger partial charge in [0.25, 0.3) is 0 Å². The van der Waals surface area contributed by atoms with Crippen LogP contribution in [0.4, 0.5) is 0 Å². The van der Waals surface area contributed by atoms with Crippen LogP contribution in [0.5, 0.6) is 0 Å². The molecule has 0 spiro atoms.